The van der Waals surface area contributed by atoms with Gasteiger partial charge in [0.15, 0.2) is 0 Å². The Hall–Kier alpha value is -2.04. The molecule has 1 amide bonds. The van der Waals surface area contributed by atoms with Crippen molar-refractivity contribution in [3.63, 3.8) is 0 Å². The molecule has 1 aromatic carbocycles. The zero-order valence-corrected chi connectivity index (χ0v) is 11.4. The fourth-order valence-electron chi connectivity index (χ4n) is 2.67. The van der Waals surface area contributed by atoms with E-state index >= 15 is 0 Å². The number of carboxylic acid groups (broad SMARTS) is 1. The molecule has 0 bridgehead atoms. The van der Waals surface area contributed by atoms with Crippen LogP contribution in [0, 0.1) is 5.92 Å². The number of likely N-dealkylation sites (tertiary alicyclic amines) is 1. The lowest BCUT2D eigenvalue weighted by Gasteiger charge is -2.33. The molecule has 1 aliphatic rings. The highest BCUT2D eigenvalue weighted by atomic mass is 16.4. The molecule has 2 rings (SSSR count). The van der Waals surface area contributed by atoms with Crippen LogP contribution in [0.4, 0.5) is 5.69 Å². The van der Waals surface area contributed by atoms with Crippen molar-refractivity contribution in [1.29, 1.82) is 0 Å². The van der Waals surface area contributed by atoms with Gasteiger partial charge in [-0.05, 0) is 37.3 Å². The predicted molar refractivity (Wildman–Crippen MR) is 76.4 cm³/mol. The summed E-state index contributed by atoms with van der Waals surface area (Å²) in [5.74, 6) is -0.558. The SMILES string of the molecule is Nc1ccccc1C(=O)N1CCCC(CCC(=O)O)C1. The number of aliphatic carboxylic acids is 1. The van der Waals surface area contributed by atoms with Crippen molar-refractivity contribution in [3.05, 3.63) is 29.8 Å². The number of hydrogen-bond acceptors (Lipinski definition) is 3. The smallest absolute Gasteiger partial charge is 0.303 e. The summed E-state index contributed by atoms with van der Waals surface area (Å²) in [5.41, 5.74) is 6.86. The Morgan fingerprint density at radius 3 is 2.80 bits per heavy atom. The largest absolute Gasteiger partial charge is 0.481 e. The van der Waals surface area contributed by atoms with Crippen molar-refractivity contribution in [2.75, 3.05) is 18.8 Å². The van der Waals surface area contributed by atoms with Crippen molar-refractivity contribution in [2.24, 2.45) is 5.92 Å². The molecule has 0 aliphatic carbocycles. The molecule has 1 unspecified atom stereocenters. The Morgan fingerprint density at radius 2 is 2.10 bits per heavy atom. The highest BCUT2D eigenvalue weighted by Gasteiger charge is 2.25. The number of amides is 1. The number of nitrogen functional groups attached to an aromatic ring is 1. The molecule has 3 N–H and O–H groups in total. The minimum Gasteiger partial charge on any atom is -0.481 e. The molecule has 1 aromatic rings. The van der Waals surface area contributed by atoms with Gasteiger partial charge in [-0.2, -0.15) is 0 Å². The first-order valence-corrected chi connectivity index (χ1v) is 6.93. The van der Waals surface area contributed by atoms with Crippen LogP contribution in [0.5, 0.6) is 0 Å². The lowest BCUT2D eigenvalue weighted by Crippen LogP contribution is -2.40. The van der Waals surface area contributed by atoms with Gasteiger partial charge >= 0.3 is 5.97 Å². The van der Waals surface area contributed by atoms with Crippen molar-refractivity contribution >= 4 is 17.6 Å². The second-order valence-corrected chi connectivity index (χ2v) is 5.28. The van der Waals surface area contributed by atoms with Gasteiger partial charge in [0.05, 0.1) is 5.56 Å². The second kappa shape index (κ2) is 6.41. The van der Waals surface area contributed by atoms with Gasteiger partial charge in [-0.1, -0.05) is 12.1 Å². The molecule has 0 radical (unpaired) electrons. The van der Waals surface area contributed by atoms with Crippen LogP contribution in [0.15, 0.2) is 24.3 Å². The average molecular weight is 276 g/mol. The van der Waals surface area contributed by atoms with Crippen molar-refractivity contribution in [1.82, 2.24) is 4.90 Å². The van der Waals surface area contributed by atoms with Gasteiger partial charge in [-0.15, -0.1) is 0 Å². The maximum Gasteiger partial charge on any atom is 0.303 e. The molecule has 0 spiro atoms. The number of benzene rings is 1. The number of para-hydroxylation sites is 1. The summed E-state index contributed by atoms with van der Waals surface area (Å²) >= 11 is 0. The predicted octanol–water partition coefficient (Wildman–Crippen LogP) is 1.99. The number of nitrogens with two attached hydrogens (primary N) is 1. The molecule has 20 heavy (non-hydrogen) atoms. The maximum absolute atomic E-state index is 12.4. The molecule has 1 atom stereocenters. The number of carbonyl (C=O) groups is 2. The Labute approximate surface area is 118 Å². The van der Waals surface area contributed by atoms with Gasteiger partial charge in [-0.3, -0.25) is 9.59 Å². The van der Waals surface area contributed by atoms with Crippen LogP contribution in [0.2, 0.25) is 0 Å². The van der Waals surface area contributed by atoms with Crippen LogP contribution in [0.3, 0.4) is 0 Å². The van der Waals surface area contributed by atoms with Crippen LogP contribution in [-0.2, 0) is 4.79 Å². The van der Waals surface area contributed by atoms with E-state index in [9.17, 15) is 9.59 Å². The van der Waals surface area contributed by atoms with Gasteiger partial charge in [0.1, 0.15) is 0 Å². The molecule has 1 heterocycles. The molecule has 1 fully saturated rings. The number of nitrogens with zero attached hydrogens (tertiary/aromatic N) is 1. The summed E-state index contributed by atoms with van der Waals surface area (Å²) in [4.78, 5) is 24.9. The van der Waals surface area contributed by atoms with Crippen LogP contribution in [0.25, 0.3) is 0 Å². The molecule has 1 saturated heterocycles. The monoisotopic (exact) mass is 276 g/mol. The Kier molecular flexibility index (Phi) is 4.61. The van der Waals surface area contributed by atoms with Gasteiger partial charge in [-0.25, -0.2) is 0 Å². The molecule has 108 valence electrons. The van der Waals surface area contributed by atoms with E-state index < -0.39 is 5.97 Å². The van der Waals surface area contributed by atoms with E-state index in [4.69, 9.17) is 10.8 Å². The average Bonchev–Trinajstić information content (AvgIpc) is 2.45. The zero-order chi connectivity index (χ0) is 14.5. The van der Waals surface area contributed by atoms with E-state index in [0.717, 1.165) is 19.4 Å². The van der Waals surface area contributed by atoms with Gasteiger partial charge in [0, 0.05) is 25.2 Å². The molecule has 5 heteroatoms. The molecule has 0 aromatic heterocycles. The summed E-state index contributed by atoms with van der Waals surface area (Å²) in [5, 5.41) is 8.74. The highest BCUT2D eigenvalue weighted by Crippen LogP contribution is 2.23. The van der Waals surface area contributed by atoms with E-state index in [0.29, 0.717) is 24.2 Å². The molecular weight excluding hydrogens is 256 g/mol. The van der Waals surface area contributed by atoms with E-state index in [1.807, 2.05) is 0 Å². The Bertz CT molecular complexity index is 502. The number of anilines is 1. The second-order valence-electron chi connectivity index (χ2n) is 5.28. The lowest BCUT2D eigenvalue weighted by atomic mass is 9.93. The first kappa shape index (κ1) is 14.4. The number of piperidine rings is 1. The van der Waals surface area contributed by atoms with E-state index in [-0.39, 0.29) is 18.2 Å². The summed E-state index contributed by atoms with van der Waals surface area (Å²) in [6.45, 7) is 1.34. The topological polar surface area (TPSA) is 83.6 Å². The van der Waals surface area contributed by atoms with Gasteiger partial charge in [0.2, 0.25) is 0 Å². The number of carboxylic acids is 1. The van der Waals surface area contributed by atoms with Crippen molar-refractivity contribution < 1.29 is 14.7 Å². The minimum absolute atomic E-state index is 0.0527. The van der Waals surface area contributed by atoms with Crippen LogP contribution < -0.4 is 5.73 Å². The third kappa shape index (κ3) is 3.50. The van der Waals surface area contributed by atoms with Crippen molar-refractivity contribution in [3.8, 4) is 0 Å². The summed E-state index contributed by atoms with van der Waals surface area (Å²) in [7, 11) is 0. The number of carbonyl (C=O) groups excluding carboxylic acids is 1. The quantitative estimate of drug-likeness (QED) is 0.824. The van der Waals surface area contributed by atoms with Crippen molar-refractivity contribution in [2.45, 2.75) is 25.7 Å². The lowest BCUT2D eigenvalue weighted by molar-refractivity contribution is -0.137. The fourth-order valence-corrected chi connectivity index (χ4v) is 2.67. The summed E-state index contributed by atoms with van der Waals surface area (Å²) < 4.78 is 0. The van der Waals surface area contributed by atoms with E-state index in [1.54, 1.807) is 29.2 Å². The molecule has 0 saturated carbocycles. The Morgan fingerprint density at radius 1 is 1.35 bits per heavy atom. The molecule has 5 nitrogen and oxygen atoms in total. The standard InChI is InChI=1S/C15H20N2O3/c16-13-6-2-1-5-12(13)15(20)17-9-3-4-11(10-17)7-8-14(18)19/h1-2,5-6,11H,3-4,7-10,16H2,(H,18,19). The van der Waals surface area contributed by atoms with E-state index in [2.05, 4.69) is 0 Å². The Balaban J connectivity index is 2.00. The maximum atomic E-state index is 12.4. The van der Waals surface area contributed by atoms with Gasteiger partial charge in [0.25, 0.3) is 5.91 Å². The van der Waals surface area contributed by atoms with Crippen LogP contribution in [-0.4, -0.2) is 35.0 Å². The highest BCUT2D eigenvalue weighted by molar-refractivity contribution is 5.99. The summed E-state index contributed by atoms with van der Waals surface area (Å²) in [6.07, 6.45) is 2.70. The minimum atomic E-state index is -0.777. The first-order chi connectivity index (χ1) is 9.58. The third-order valence-corrected chi connectivity index (χ3v) is 3.76. The fraction of sp³-hybridized carbons (Fsp3) is 0.467. The van der Waals surface area contributed by atoms with E-state index in [1.165, 1.54) is 0 Å². The first-order valence-electron chi connectivity index (χ1n) is 6.93. The van der Waals surface area contributed by atoms with Crippen LogP contribution in [0.1, 0.15) is 36.0 Å². The zero-order valence-electron chi connectivity index (χ0n) is 11.4. The molecular formula is C15H20N2O3. The number of hydrogen-bond donors (Lipinski definition) is 2. The van der Waals surface area contributed by atoms with Crippen LogP contribution >= 0.6 is 0 Å². The molecule has 1 aliphatic heterocycles. The third-order valence-electron chi connectivity index (χ3n) is 3.76. The number of rotatable bonds is 4. The summed E-state index contributed by atoms with van der Waals surface area (Å²) in [6, 6.07) is 7.06. The van der Waals surface area contributed by atoms with Gasteiger partial charge < -0.3 is 15.7 Å². The normalized spacial score (nSPS) is 18.8.